The number of hydrogen-bond acceptors (Lipinski definition) is 4. The summed E-state index contributed by atoms with van der Waals surface area (Å²) in [7, 11) is 0. The summed E-state index contributed by atoms with van der Waals surface area (Å²) in [5, 5.41) is 6.23. The van der Waals surface area contributed by atoms with Crippen molar-refractivity contribution in [2.45, 2.75) is 26.3 Å². The van der Waals surface area contributed by atoms with Gasteiger partial charge in [-0.2, -0.15) is 5.10 Å². The smallest absolute Gasteiger partial charge is 0.230 e. The van der Waals surface area contributed by atoms with E-state index in [0.717, 1.165) is 11.8 Å². The van der Waals surface area contributed by atoms with Crippen molar-refractivity contribution in [2.75, 3.05) is 5.75 Å². The Morgan fingerprint density at radius 3 is 2.46 bits per heavy atom. The fourth-order valence-corrected chi connectivity index (χ4v) is 1.06. The molecule has 0 spiro atoms. The van der Waals surface area contributed by atoms with E-state index < -0.39 is 0 Å². The molecule has 0 radical (unpaired) electrons. The van der Waals surface area contributed by atoms with Crippen LogP contribution in [0.15, 0.2) is 5.10 Å². The van der Waals surface area contributed by atoms with Gasteiger partial charge in [0.1, 0.15) is 0 Å². The van der Waals surface area contributed by atoms with Gasteiger partial charge in [-0.3, -0.25) is 4.79 Å². The predicted octanol–water partition coefficient (Wildman–Crippen LogP) is -0.177. The summed E-state index contributed by atoms with van der Waals surface area (Å²) in [5.74, 6) is 5.06. The van der Waals surface area contributed by atoms with Gasteiger partial charge in [0.25, 0.3) is 0 Å². The van der Waals surface area contributed by atoms with Crippen LogP contribution < -0.4 is 16.9 Å². The number of nitrogens with zero attached hydrogens (tertiary/aromatic N) is 1. The van der Waals surface area contributed by atoms with E-state index >= 15 is 0 Å². The van der Waals surface area contributed by atoms with Crippen LogP contribution in [0.5, 0.6) is 0 Å². The number of rotatable bonds is 2. The number of carbonyl (C=O) groups is 1. The van der Waals surface area contributed by atoms with Crippen LogP contribution in [0.3, 0.4) is 0 Å². The Bertz CT molecular complexity index is 209. The van der Waals surface area contributed by atoms with Crippen molar-refractivity contribution in [1.29, 1.82) is 0 Å². The largest absolute Gasteiger partial charge is 0.377 e. The Morgan fingerprint density at radius 2 is 2.08 bits per heavy atom. The van der Waals surface area contributed by atoms with Crippen LogP contribution in [-0.4, -0.2) is 22.4 Å². The van der Waals surface area contributed by atoms with Gasteiger partial charge < -0.3 is 16.9 Å². The third kappa shape index (κ3) is 7.45. The summed E-state index contributed by atoms with van der Waals surface area (Å²) < 4.78 is 0. The molecule has 5 nitrogen and oxygen atoms in total. The van der Waals surface area contributed by atoms with Crippen molar-refractivity contribution in [3.05, 3.63) is 0 Å². The van der Waals surface area contributed by atoms with E-state index in [0.29, 0.717) is 0 Å². The van der Waals surface area contributed by atoms with Crippen molar-refractivity contribution in [3.8, 4) is 0 Å². The molecule has 0 aromatic carbocycles. The molecule has 0 aliphatic rings. The zero-order valence-electron chi connectivity index (χ0n) is 8.13. The second-order valence-electron chi connectivity index (χ2n) is 3.55. The fourth-order valence-electron chi connectivity index (χ4n) is 0.631. The lowest BCUT2D eigenvalue weighted by molar-refractivity contribution is -0.119. The Hall–Kier alpha value is -0.910. The predicted molar refractivity (Wildman–Crippen MR) is 56.2 cm³/mol. The zero-order chi connectivity index (χ0) is 10.5. The number of nitrogens with one attached hydrogen (secondary N) is 1. The normalized spacial score (nSPS) is 12.7. The van der Waals surface area contributed by atoms with E-state index in [4.69, 9.17) is 11.6 Å². The summed E-state index contributed by atoms with van der Waals surface area (Å²) in [6, 6.07) is 0. The fraction of sp³-hybridized carbons (Fsp3) is 0.714. The maximum absolute atomic E-state index is 11.2. The Morgan fingerprint density at radius 1 is 1.54 bits per heavy atom. The van der Waals surface area contributed by atoms with Gasteiger partial charge in [-0.15, -0.1) is 0 Å². The van der Waals surface area contributed by atoms with E-state index in [1.54, 1.807) is 0 Å². The van der Waals surface area contributed by atoms with Gasteiger partial charge in [-0.25, -0.2) is 0 Å². The molecule has 0 aliphatic heterocycles. The first kappa shape index (κ1) is 12.1. The number of hydrazone groups is 1. The molecule has 0 aromatic heterocycles. The molecule has 0 aliphatic carbocycles. The van der Waals surface area contributed by atoms with E-state index in [1.807, 2.05) is 20.8 Å². The van der Waals surface area contributed by atoms with Gasteiger partial charge in [0.15, 0.2) is 5.17 Å². The molecular weight excluding hydrogens is 188 g/mol. The quantitative estimate of drug-likeness (QED) is 0.252. The van der Waals surface area contributed by atoms with E-state index in [2.05, 4.69) is 10.4 Å². The molecule has 0 saturated heterocycles. The SMILES string of the molecule is CC(C)(C)NC(=O)CSC(N)=NN. The van der Waals surface area contributed by atoms with Crippen LogP contribution >= 0.6 is 11.8 Å². The first-order chi connectivity index (χ1) is 5.85. The van der Waals surface area contributed by atoms with Crippen molar-refractivity contribution in [3.63, 3.8) is 0 Å². The number of thioether (sulfide) groups is 1. The van der Waals surface area contributed by atoms with E-state index in [1.165, 1.54) is 0 Å². The molecule has 0 aromatic rings. The molecule has 0 unspecified atom stereocenters. The van der Waals surface area contributed by atoms with Crippen molar-refractivity contribution in [1.82, 2.24) is 5.32 Å². The first-order valence-corrected chi connectivity index (χ1v) is 4.81. The first-order valence-electron chi connectivity index (χ1n) is 3.82. The third-order valence-corrected chi connectivity index (χ3v) is 1.80. The minimum absolute atomic E-state index is 0.0795. The summed E-state index contributed by atoms with van der Waals surface area (Å²) in [4.78, 5) is 11.2. The molecule has 0 heterocycles. The second-order valence-corrected chi connectivity index (χ2v) is 4.55. The van der Waals surface area contributed by atoms with Crippen LogP contribution in [0.2, 0.25) is 0 Å². The maximum Gasteiger partial charge on any atom is 0.230 e. The van der Waals surface area contributed by atoms with E-state index in [-0.39, 0.29) is 22.4 Å². The lowest BCUT2D eigenvalue weighted by atomic mass is 10.1. The van der Waals surface area contributed by atoms with Gasteiger partial charge in [0.2, 0.25) is 5.91 Å². The highest BCUT2D eigenvalue weighted by Crippen LogP contribution is 2.02. The highest BCUT2D eigenvalue weighted by Gasteiger charge is 2.13. The molecular formula is C7H16N4OS. The molecule has 0 atom stereocenters. The molecule has 5 N–H and O–H groups in total. The molecule has 13 heavy (non-hydrogen) atoms. The van der Waals surface area contributed by atoms with Crippen LogP contribution in [0.4, 0.5) is 0 Å². The van der Waals surface area contributed by atoms with Gasteiger partial charge in [-0.1, -0.05) is 11.8 Å². The van der Waals surface area contributed by atoms with Crippen molar-refractivity contribution in [2.24, 2.45) is 16.7 Å². The Labute approximate surface area is 82.3 Å². The number of carbonyl (C=O) groups excluding carboxylic acids is 1. The van der Waals surface area contributed by atoms with Gasteiger partial charge in [0.05, 0.1) is 5.75 Å². The van der Waals surface area contributed by atoms with E-state index in [9.17, 15) is 4.79 Å². The average molecular weight is 204 g/mol. The Balaban J connectivity index is 3.77. The lowest BCUT2D eigenvalue weighted by Gasteiger charge is -2.20. The summed E-state index contributed by atoms with van der Waals surface area (Å²) in [6.45, 7) is 5.74. The summed E-state index contributed by atoms with van der Waals surface area (Å²) in [5.41, 5.74) is 5.08. The molecule has 0 fully saturated rings. The standard InChI is InChI=1S/C7H16N4OS/c1-7(2,3)10-5(12)4-13-6(8)11-9/h4,9H2,1-3H3,(H2,8,11)(H,10,12). The summed E-state index contributed by atoms with van der Waals surface area (Å²) in [6.07, 6.45) is 0. The van der Waals surface area contributed by atoms with Crippen LogP contribution in [0.1, 0.15) is 20.8 Å². The Kier molecular flexibility index (Phi) is 4.61. The monoisotopic (exact) mass is 204 g/mol. The van der Waals surface area contributed by atoms with Gasteiger partial charge in [0, 0.05) is 5.54 Å². The molecule has 0 saturated carbocycles. The molecule has 0 bridgehead atoms. The average Bonchev–Trinajstić information content (AvgIpc) is 1.97. The number of amides is 1. The lowest BCUT2D eigenvalue weighted by Crippen LogP contribution is -2.41. The maximum atomic E-state index is 11.2. The van der Waals surface area contributed by atoms with Crippen molar-refractivity contribution < 1.29 is 4.79 Å². The van der Waals surface area contributed by atoms with Crippen molar-refractivity contribution >= 4 is 22.8 Å². The minimum atomic E-state index is -0.216. The number of nitrogens with two attached hydrogens (primary N) is 2. The third-order valence-electron chi connectivity index (χ3n) is 0.993. The molecule has 6 heteroatoms. The second kappa shape index (κ2) is 4.96. The van der Waals surface area contributed by atoms with Gasteiger partial charge in [-0.05, 0) is 20.8 Å². The molecule has 1 amide bonds. The minimum Gasteiger partial charge on any atom is -0.377 e. The molecule has 0 rings (SSSR count). The van der Waals surface area contributed by atoms with Crippen LogP contribution in [-0.2, 0) is 4.79 Å². The zero-order valence-corrected chi connectivity index (χ0v) is 8.94. The highest BCUT2D eigenvalue weighted by atomic mass is 32.2. The molecule has 76 valence electrons. The topological polar surface area (TPSA) is 93.5 Å². The summed E-state index contributed by atoms with van der Waals surface area (Å²) >= 11 is 1.12. The number of hydrogen-bond donors (Lipinski definition) is 3. The van der Waals surface area contributed by atoms with Crippen LogP contribution in [0, 0.1) is 0 Å². The van der Waals surface area contributed by atoms with Crippen LogP contribution in [0.25, 0.3) is 0 Å². The highest BCUT2D eigenvalue weighted by molar-refractivity contribution is 8.14. The number of amidine groups is 1. The van der Waals surface area contributed by atoms with Gasteiger partial charge >= 0.3 is 0 Å².